The first kappa shape index (κ1) is 12.1. The van der Waals surface area contributed by atoms with E-state index in [1.165, 1.54) is 6.33 Å². The molecule has 0 aliphatic heterocycles. The summed E-state index contributed by atoms with van der Waals surface area (Å²) in [6, 6.07) is 0. The van der Waals surface area contributed by atoms with E-state index in [0.29, 0.717) is 12.2 Å². The maximum absolute atomic E-state index is 9.72. The average molecular weight is 213 g/mol. The van der Waals surface area contributed by atoms with Crippen LogP contribution in [0.25, 0.3) is 0 Å². The molecule has 1 atom stereocenters. The van der Waals surface area contributed by atoms with Crippen LogP contribution in [0, 0.1) is 0 Å². The summed E-state index contributed by atoms with van der Waals surface area (Å²) < 4.78 is 1.76. The molecule has 5 nitrogen and oxygen atoms in total. The molecule has 0 aliphatic rings. The van der Waals surface area contributed by atoms with Gasteiger partial charge in [-0.1, -0.05) is 6.92 Å². The molecule has 1 aromatic heterocycles. The van der Waals surface area contributed by atoms with E-state index in [9.17, 15) is 10.2 Å². The average Bonchev–Trinajstić information content (AvgIpc) is 2.52. The first-order valence-electron chi connectivity index (χ1n) is 5.22. The van der Waals surface area contributed by atoms with Gasteiger partial charge in [-0.3, -0.25) is 4.68 Å². The van der Waals surface area contributed by atoms with Crippen LogP contribution in [0.1, 0.15) is 33.0 Å². The van der Waals surface area contributed by atoms with Crippen molar-refractivity contribution in [2.45, 2.75) is 51.9 Å². The van der Waals surface area contributed by atoms with Crippen molar-refractivity contribution in [3.63, 3.8) is 0 Å². The van der Waals surface area contributed by atoms with Crippen LogP contribution in [0.4, 0.5) is 0 Å². The summed E-state index contributed by atoms with van der Waals surface area (Å²) in [7, 11) is 0. The fraction of sp³-hybridized carbons (Fsp3) is 0.800. The summed E-state index contributed by atoms with van der Waals surface area (Å²) in [5.74, 6) is 0.714. The minimum Gasteiger partial charge on any atom is -0.390 e. The van der Waals surface area contributed by atoms with E-state index in [4.69, 9.17) is 0 Å². The molecule has 0 radical (unpaired) electrons. The number of nitrogens with zero attached hydrogens (tertiary/aromatic N) is 3. The SMILES string of the molecule is CCCn1ncnc1CC(O)C(C)(C)O. The third-order valence-corrected chi connectivity index (χ3v) is 2.32. The highest BCUT2D eigenvalue weighted by atomic mass is 16.3. The van der Waals surface area contributed by atoms with Gasteiger partial charge >= 0.3 is 0 Å². The number of hydrogen-bond acceptors (Lipinski definition) is 4. The summed E-state index contributed by atoms with van der Waals surface area (Å²) in [4.78, 5) is 4.07. The molecule has 5 heteroatoms. The zero-order valence-electron chi connectivity index (χ0n) is 9.51. The second-order valence-corrected chi connectivity index (χ2v) is 4.27. The van der Waals surface area contributed by atoms with Crippen molar-refractivity contribution in [2.75, 3.05) is 0 Å². The predicted octanol–water partition coefficient (Wildman–Crippen LogP) is 0.362. The molecule has 0 spiro atoms. The normalized spacial score (nSPS) is 14.2. The Morgan fingerprint density at radius 2 is 2.20 bits per heavy atom. The van der Waals surface area contributed by atoms with Crippen molar-refractivity contribution in [2.24, 2.45) is 0 Å². The lowest BCUT2D eigenvalue weighted by molar-refractivity contribution is -0.0482. The van der Waals surface area contributed by atoms with E-state index in [1.54, 1.807) is 18.5 Å². The molecule has 1 rings (SSSR count). The van der Waals surface area contributed by atoms with E-state index in [2.05, 4.69) is 17.0 Å². The Bertz CT molecular complexity index is 304. The number of hydrogen-bond donors (Lipinski definition) is 2. The first-order chi connectivity index (χ1) is 6.95. The van der Waals surface area contributed by atoms with Crippen LogP contribution in [-0.4, -0.2) is 36.7 Å². The van der Waals surface area contributed by atoms with Gasteiger partial charge in [0.05, 0.1) is 11.7 Å². The number of aliphatic hydroxyl groups is 2. The van der Waals surface area contributed by atoms with E-state index < -0.39 is 11.7 Å². The molecule has 1 unspecified atom stereocenters. The van der Waals surface area contributed by atoms with E-state index >= 15 is 0 Å². The Labute approximate surface area is 89.8 Å². The monoisotopic (exact) mass is 213 g/mol. The van der Waals surface area contributed by atoms with Crippen LogP contribution < -0.4 is 0 Å². The molecule has 0 aromatic carbocycles. The van der Waals surface area contributed by atoms with Crippen molar-refractivity contribution in [3.8, 4) is 0 Å². The first-order valence-corrected chi connectivity index (χ1v) is 5.22. The van der Waals surface area contributed by atoms with Crippen molar-refractivity contribution < 1.29 is 10.2 Å². The van der Waals surface area contributed by atoms with E-state index in [-0.39, 0.29) is 0 Å². The van der Waals surface area contributed by atoms with Crippen LogP contribution in [-0.2, 0) is 13.0 Å². The molecule has 0 aliphatic carbocycles. The third-order valence-electron chi connectivity index (χ3n) is 2.32. The number of rotatable bonds is 5. The van der Waals surface area contributed by atoms with Crippen molar-refractivity contribution >= 4 is 0 Å². The highest BCUT2D eigenvalue weighted by Gasteiger charge is 2.26. The molecule has 2 N–H and O–H groups in total. The number of aromatic nitrogens is 3. The second kappa shape index (κ2) is 4.72. The van der Waals surface area contributed by atoms with Crippen LogP contribution >= 0.6 is 0 Å². The Morgan fingerprint density at radius 1 is 1.53 bits per heavy atom. The van der Waals surface area contributed by atoms with Gasteiger partial charge in [0, 0.05) is 13.0 Å². The molecule has 0 fully saturated rings. The summed E-state index contributed by atoms with van der Waals surface area (Å²) in [6.07, 6.45) is 1.94. The number of aliphatic hydroxyl groups excluding tert-OH is 1. The lowest BCUT2D eigenvalue weighted by atomic mass is 9.99. The summed E-state index contributed by atoms with van der Waals surface area (Å²) in [5.41, 5.74) is -1.11. The van der Waals surface area contributed by atoms with Gasteiger partial charge in [0.2, 0.25) is 0 Å². The van der Waals surface area contributed by atoms with Crippen LogP contribution in [0.15, 0.2) is 6.33 Å². The van der Waals surface area contributed by atoms with E-state index in [0.717, 1.165) is 13.0 Å². The molecule has 0 saturated heterocycles. The van der Waals surface area contributed by atoms with Gasteiger partial charge < -0.3 is 10.2 Å². The highest BCUT2D eigenvalue weighted by molar-refractivity contribution is 4.92. The quantitative estimate of drug-likeness (QED) is 0.741. The standard InChI is InChI=1S/C10H19N3O2/c1-4-5-13-9(11-7-12-13)6-8(14)10(2,3)15/h7-8,14-15H,4-6H2,1-3H3. The van der Waals surface area contributed by atoms with Gasteiger partial charge in [-0.15, -0.1) is 0 Å². The zero-order valence-corrected chi connectivity index (χ0v) is 9.51. The van der Waals surface area contributed by atoms with Gasteiger partial charge in [0.15, 0.2) is 0 Å². The molecule has 0 bridgehead atoms. The zero-order chi connectivity index (χ0) is 11.5. The lowest BCUT2D eigenvalue weighted by Crippen LogP contribution is -2.38. The fourth-order valence-corrected chi connectivity index (χ4v) is 1.27. The summed E-state index contributed by atoms with van der Waals surface area (Å²) >= 11 is 0. The fourth-order valence-electron chi connectivity index (χ4n) is 1.27. The molecular weight excluding hydrogens is 194 g/mol. The van der Waals surface area contributed by atoms with E-state index in [1.807, 2.05) is 0 Å². The van der Waals surface area contributed by atoms with Crippen LogP contribution in [0.5, 0.6) is 0 Å². The molecule has 1 aromatic rings. The smallest absolute Gasteiger partial charge is 0.138 e. The topological polar surface area (TPSA) is 71.2 Å². The highest BCUT2D eigenvalue weighted by Crippen LogP contribution is 2.12. The van der Waals surface area contributed by atoms with Gasteiger partial charge in [0.25, 0.3) is 0 Å². The number of aryl methyl sites for hydroxylation is 1. The maximum atomic E-state index is 9.72. The Kier molecular flexibility index (Phi) is 3.82. The van der Waals surface area contributed by atoms with Crippen molar-refractivity contribution in [1.82, 2.24) is 14.8 Å². The van der Waals surface area contributed by atoms with Crippen molar-refractivity contribution in [3.05, 3.63) is 12.2 Å². The van der Waals surface area contributed by atoms with Gasteiger partial charge in [-0.05, 0) is 20.3 Å². The Morgan fingerprint density at radius 3 is 2.73 bits per heavy atom. The van der Waals surface area contributed by atoms with Crippen LogP contribution in [0.2, 0.25) is 0 Å². The molecule has 0 amide bonds. The molecule has 0 saturated carbocycles. The van der Waals surface area contributed by atoms with Gasteiger partial charge in [0.1, 0.15) is 12.2 Å². The minimum absolute atomic E-state index is 0.323. The Hall–Kier alpha value is -0.940. The predicted molar refractivity (Wildman–Crippen MR) is 56.3 cm³/mol. The van der Waals surface area contributed by atoms with Gasteiger partial charge in [-0.25, -0.2) is 4.98 Å². The summed E-state index contributed by atoms with van der Waals surface area (Å²) in [5, 5.41) is 23.4. The summed E-state index contributed by atoms with van der Waals surface area (Å²) in [6.45, 7) is 6.00. The molecular formula is C10H19N3O2. The molecule has 1 heterocycles. The maximum Gasteiger partial charge on any atom is 0.138 e. The lowest BCUT2D eigenvalue weighted by Gasteiger charge is -2.24. The minimum atomic E-state index is -1.11. The third kappa shape index (κ3) is 3.28. The van der Waals surface area contributed by atoms with Gasteiger partial charge in [-0.2, -0.15) is 5.10 Å². The molecule has 15 heavy (non-hydrogen) atoms. The molecule has 86 valence electrons. The Balaban J connectivity index is 2.68. The second-order valence-electron chi connectivity index (χ2n) is 4.27. The van der Waals surface area contributed by atoms with Crippen LogP contribution in [0.3, 0.4) is 0 Å². The van der Waals surface area contributed by atoms with Crippen molar-refractivity contribution in [1.29, 1.82) is 0 Å². The largest absolute Gasteiger partial charge is 0.390 e.